The number of aryl methyl sites for hydroxylation is 1. The zero-order valence-corrected chi connectivity index (χ0v) is 14.4. The van der Waals surface area contributed by atoms with Crippen molar-refractivity contribution in [3.8, 4) is 0 Å². The summed E-state index contributed by atoms with van der Waals surface area (Å²) in [7, 11) is 3.07. The summed E-state index contributed by atoms with van der Waals surface area (Å²) in [6.07, 6.45) is 1.92. The standard InChI is InChI=1S/C18H19N3O4/c1-9-7-8-12(25-9)14-13-10(5-4-6-11(13)22)19-16-15(14)17(23)21(3)18(24)20(16)2/h7-8,14,19H,4-6H2,1-3H3. The van der Waals surface area contributed by atoms with Crippen molar-refractivity contribution in [2.75, 3.05) is 5.32 Å². The summed E-state index contributed by atoms with van der Waals surface area (Å²) in [5.74, 6) is 1.15. The van der Waals surface area contributed by atoms with Gasteiger partial charge in [0.2, 0.25) is 0 Å². The SMILES string of the molecule is Cc1ccc(C2C3=C(CCCC3=O)Nc3c2c(=O)n(C)c(=O)n3C)o1. The van der Waals surface area contributed by atoms with Crippen molar-refractivity contribution in [1.29, 1.82) is 0 Å². The molecular weight excluding hydrogens is 322 g/mol. The zero-order chi connectivity index (χ0) is 17.9. The summed E-state index contributed by atoms with van der Waals surface area (Å²) < 4.78 is 8.28. The molecular formula is C18H19N3O4. The predicted octanol–water partition coefficient (Wildman–Crippen LogP) is 1.55. The predicted molar refractivity (Wildman–Crippen MR) is 91.7 cm³/mol. The molecule has 7 heteroatoms. The minimum absolute atomic E-state index is 0.0226. The van der Waals surface area contributed by atoms with Crippen LogP contribution in [0, 0.1) is 6.92 Å². The van der Waals surface area contributed by atoms with Gasteiger partial charge in [-0.1, -0.05) is 0 Å². The normalized spacial score (nSPS) is 19.5. The molecule has 2 aliphatic rings. The van der Waals surface area contributed by atoms with Gasteiger partial charge in [0, 0.05) is 31.8 Å². The van der Waals surface area contributed by atoms with Crippen LogP contribution in [0.4, 0.5) is 5.82 Å². The Morgan fingerprint density at radius 2 is 1.88 bits per heavy atom. The number of hydrogen-bond donors (Lipinski definition) is 1. The van der Waals surface area contributed by atoms with E-state index in [0.29, 0.717) is 41.3 Å². The second-order valence-corrected chi connectivity index (χ2v) is 6.64. The van der Waals surface area contributed by atoms with E-state index in [-0.39, 0.29) is 5.78 Å². The van der Waals surface area contributed by atoms with Crippen molar-refractivity contribution in [3.63, 3.8) is 0 Å². The average Bonchev–Trinajstić information content (AvgIpc) is 3.02. The van der Waals surface area contributed by atoms with Gasteiger partial charge in [0.25, 0.3) is 5.56 Å². The number of carbonyl (C=O) groups excluding carboxylic acids is 1. The minimum atomic E-state index is -0.585. The first-order chi connectivity index (χ1) is 11.9. The molecule has 2 aromatic rings. The molecule has 4 rings (SSSR count). The van der Waals surface area contributed by atoms with Gasteiger partial charge in [-0.05, 0) is 31.9 Å². The maximum absolute atomic E-state index is 12.9. The summed E-state index contributed by atoms with van der Waals surface area (Å²) in [5, 5.41) is 3.18. The number of allylic oxidation sites excluding steroid dienone is 2. The molecule has 0 fully saturated rings. The van der Waals surface area contributed by atoms with Crippen molar-refractivity contribution >= 4 is 11.6 Å². The van der Waals surface area contributed by atoms with Crippen LogP contribution in [0.2, 0.25) is 0 Å². The molecule has 0 saturated carbocycles. The number of nitrogens with zero attached hydrogens (tertiary/aromatic N) is 2. The van der Waals surface area contributed by atoms with Gasteiger partial charge in [0.1, 0.15) is 17.3 Å². The molecule has 25 heavy (non-hydrogen) atoms. The fourth-order valence-electron chi connectivity index (χ4n) is 3.79. The topological polar surface area (TPSA) is 86.2 Å². The minimum Gasteiger partial charge on any atom is -0.465 e. The summed E-state index contributed by atoms with van der Waals surface area (Å²) in [5.41, 5.74) is 0.939. The van der Waals surface area contributed by atoms with E-state index in [1.807, 2.05) is 13.0 Å². The Labute approximate surface area is 143 Å². The van der Waals surface area contributed by atoms with Crippen LogP contribution in [0.15, 0.2) is 37.4 Å². The number of ketones is 1. The first-order valence-electron chi connectivity index (χ1n) is 8.29. The summed E-state index contributed by atoms with van der Waals surface area (Å²) in [6, 6.07) is 3.61. The third-order valence-electron chi connectivity index (χ3n) is 5.05. The van der Waals surface area contributed by atoms with Crippen LogP contribution >= 0.6 is 0 Å². The second kappa shape index (κ2) is 5.34. The maximum Gasteiger partial charge on any atom is 0.332 e. The van der Waals surface area contributed by atoms with Crippen molar-refractivity contribution in [2.24, 2.45) is 14.1 Å². The summed E-state index contributed by atoms with van der Waals surface area (Å²) >= 11 is 0. The number of hydrogen-bond acceptors (Lipinski definition) is 5. The van der Waals surface area contributed by atoms with Crippen LogP contribution in [0.25, 0.3) is 0 Å². The molecule has 2 aromatic heterocycles. The molecule has 1 aliphatic carbocycles. The molecule has 0 radical (unpaired) electrons. The van der Waals surface area contributed by atoms with Crippen molar-refractivity contribution in [1.82, 2.24) is 9.13 Å². The Morgan fingerprint density at radius 1 is 1.12 bits per heavy atom. The van der Waals surface area contributed by atoms with E-state index in [9.17, 15) is 14.4 Å². The number of anilines is 1. The molecule has 0 bridgehead atoms. The molecule has 1 N–H and O–H groups in total. The first-order valence-corrected chi connectivity index (χ1v) is 8.29. The van der Waals surface area contributed by atoms with Gasteiger partial charge in [-0.2, -0.15) is 0 Å². The number of Topliss-reactive ketones (excluding diaryl/α,β-unsaturated/α-hetero) is 1. The molecule has 0 spiro atoms. The van der Waals surface area contributed by atoms with Crippen LogP contribution in [0.3, 0.4) is 0 Å². The lowest BCUT2D eigenvalue weighted by Crippen LogP contribution is -2.43. The highest BCUT2D eigenvalue weighted by Crippen LogP contribution is 2.43. The van der Waals surface area contributed by atoms with Crippen LogP contribution in [0.1, 0.15) is 42.3 Å². The van der Waals surface area contributed by atoms with E-state index in [4.69, 9.17) is 4.42 Å². The summed E-state index contributed by atoms with van der Waals surface area (Å²) in [4.78, 5) is 37.9. The number of aromatic nitrogens is 2. The molecule has 3 heterocycles. The Hall–Kier alpha value is -2.83. The van der Waals surface area contributed by atoms with Gasteiger partial charge in [0.05, 0.1) is 11.5 Å². The third kappa shape index (κ3) is 2.15. The van der Waals surface area contributed by atoms with Gasteiger partial charge in [0.15, 0.2) is 5.78 Å². The van der Waals surface area contributed by atoms with Crippen LogP contribution in [-0.2, 0) is 18.9 Å². The highest BCUT2D eigenvalue weighted by Gasteiger charge is 2.40. The molecule has 1 unspecified atom stereocenters. The lowest BCUT2D eigenvalue weighted by Gasteiger charge is -2.33. The van der Waals surface area contributed by atoms with Crippen molar-refractivity contribution in [2.45, 2.75) is 32.1 Å². The number of rotatable bonds is 1. The number of fused-ring (bicyclic) bond motifs is 1. The fraction of sp³-hybridized carbons (Fsp3) is 0.389. The van der Waals surface area contributed by atoms with Gasteiger partial charge in [-0.3, -0.25) is 18.7 Å². The number of carbonyl (C=O) groups is 1. The second-order valence-electron chi connectivity index (χ2n) is 6.64. The largest absolute Gasteiger partial charge is 0.465 e. The van der Waals surface area contributed by atoms with Gasteiger partial charge < -0.3 is 9.73 Å². The fourth-order valence-corrected chi connectivity index (χ4v) is 3.79. The molecule has 0 saturated heterocycles. The molecule has 1 atom stereocenters. The summed E-state index contributed by atoms with van der Waals surface area (Å²) in [6.45, 7) is 1.82. The third-order valence-corrected chi connectivity index (χ3v) is 5.05. The molecule has 0 aromatic carbocycles. The van der Waals surface area contributed by atoms with Crippen molar-refractivity contribution in [3.05, 3.63) is 61.3 Å². The molecule has 7 nitrogen and oxygen atoms in total. The molecule has 0 amide bonds. The lowest BCUT2D eigenvalue weighted by atomic mass is 9.79. The zero-order valence-electron chi connectivity index (χ0n) is 14.4. The Balaban J connectivity index is 2.09. The Kier molecular flexibility index (Phi) is 3.35. The average molecular weight is 341 g/mol. The number of furan rings is 1. The highest BCUT2D eigenvalue weighted by molar-refractivity contribution is 6.00. The first kappa shape index (κ1) is 15.7. The van der Waals surface area contributed by atoms with Gasteiger partial charge >= 0.3 is 5.69 Å². The quantitative estimate of drug-likeness (QED) is 0.850. The van der Waals surface area contributed by atoms with E-state index in [0.717, 1.165) is 16.7 Å². The monoisotopic (exact) mass is 341 g/mol. The van der Waals surface area contributed by atoms with Gasteiger partial charge in [-0.15, -0.1) is 0 Å². The van der Waals surface area contributed by atoms with Crippen LogP contribution in [-0.4, -0.2) is 14.9 Å². The van der Waals surface area contributed by atoms with E-state index in [1.165, 1.54) is 11.6 Å². The lowest BCUT2D eigenvalue weighted by molar-refractivity contribution is -0.116. The maximum atomic E-state index is 12.9. The highest BCUT2D eigenvalue weighted by atomic mass is 16.3. The van der Waals surface area contributed by atoms with Crippen molar-refractivity contribution < 1.29 is 9.21 Å². The van der Waals surface area contributed by atoms with E-state index >= 15 is 0 Å². The Bertz CT molecular complexity index is 1050. The van der Waals surface area contributed by atoms with Crippen LogP contribution < -0.4 is 16.6 Å². The van der Waals surface area contributed by atoms with E-state index < -0.39 is 17.2 Å². The van der Waals surface area contributed by atoms with Crippen LogP contribution in [0.5, 0.6) is 0 Å². The molecule has 130 valence electrons. The Morgan fingerprint density at radius 3 is 2.56 bits per heavy atom. The molecule has 1 aliphatic heterocycles. The van der Waals surface area contributed by atoms with Gasteiger partial charge in [-0.25, -0.2) is 4.79 Å². The number of nitrogens with one attached hydrogen (secondary N) is 1. The smallest absolute Gasteiger partial charge is 0.332 e. The van der Waals surface area contributed by atoms with E-state index in [2.05, 4.69) is 5.32 Å². The van der Waals surface area contributed by atoms with E-state index in [1.54, 1.807) is 13.1 Å².